The monoisotopic (exact) mass is 486 g/mol. The second-order valence-electron chi connectivity index (χ2n) is 9.06. The Balaban J connectivity index is 1.76. The summed E-state index contributed by atoms with van der Waals surface area (Å²) < 4.78 is 16.6. The molecule has 34 heavy (non-hydrogen) atoms. The molecule has 180 valence electrons. The van der Waals surface area contributed by atoms with Crippen LogP contribution >= 0.6 is 11.8 Å². The quantitative estimate of drug-likeness (QED) is 0.537. The van der Waals surface area contributed by atoms with Gasteiger partial charge in [0.1, 0.15) is 11.4 Å². The lowest BCUT2D eigenvalue weighted by Gasteiger charge is -2.31. The molecule has 8 nitrogen and oxygen atoms in total. The average Bonchev–Trinajstić information content (AvgIpc) is 2.80. The van der Waals surface area contributed by atoms with Gasteiger partial charge in [0.25, 0.3) is 11.5 Å². The van der Waals surface area contributed by atoms with Gasteiger partial charge in [0.15, 0.2) is 5.65 Å². The van der Waals surface area contributed by atoms with Gasteiger partial charge in [-0.1, -0.05) is 6.07 Å². The highest BCUT2D eigenvalue weighted by molar-refractivity contribution is 7.98. The highest BCUT2D eigenvalue weighted by Crippen LogP contribution is 2.28. The van der Waals surface area contributed by atoms with E-state index >= 15 is 0 Å². The summed E-state index contributed by atoms with van der Waals surface area (Å²) in [6, 6.07) is 7.86. The van der Waals surface area contributed by atoms with Crippen LogP contribution < -0.4 is 16.6 Å². The van der Waals surface area contributed by atoms with Gasteiger partial charge in [-0.15, -0.1) is 11.8 Å². The highest BCUT2D eigenvalue weighted by atomic mass is 32.2. The molecule has 0 saturated heterocycles. The largest absolute Gasteiger partial charge is 0.381 e. The van der Waals surface area contributed by atoms with Gasteiger partial charge in [-0.25, -0.2) is 18.7 Å². The molecule has 2 heterocycles. The van der Waals surface area contributed by atoms with E-state index in [0.29, 0.717) is 31.4 Å². The Labute approximate surface area is 199 Å². The third-order valence-electron chi connectivity index (χ3n) is 6.16. The van der Waals surface area contributed by atoms with Crippen molar-refractivity contribution >= 4 is 28.7 Å². The molecular formula is C24H27FN4O4S. The Hall–Kier alpha value is -2.98. The number of thioether (sulfide) groups is 1. The van der Waals surface area contributed by atoms with Crippen molar-refractivity contribution in [2.75, 3.05) is 6.26 Å². The van der Waals surface area contributed by atoms with Crippen molar-refractivity contribution in [3.8, 4) is 5.69 Å². The van der Waals surface area contributed by atoms with E-state index in [2.05, 4.69) is 10.3 Å². The molecule has 1 aliphatic rings. The number of aliphatic hydroxyl groups is 1. The van der Waals surface area contributed by atoms with Crippen LogP contribution in [0.1, 0.15) is 45.6 Å². The fourth-order valence-corrected chi connectivity index (χ4v) is 4.78. The number of hydrogen-bond donors (Lipinski definition) is 2. The molecule has 2 aromatic heterocycles. The van der Waals surface area contributed by atoms with Gasteiger partial charge in [-0.3, -0.25) is 14.2 Å². The van der Waals surface area contributed by atoms with Crippen LogP contribution in [0.5, 0.6) is 0 Å². The van der Waals surface area contributed by atoms with Crippen molar-refractivity contribution in [1.29, 1.82) is 0 Å². The Bertz CT molecular complexity index is 1350. The zero-order valence-corrected chi connectivity index (χ0v) is 20.1. The average molecular weight is 487 g/mol. The number of amides is 1. The van der Waals surface area contributed by atoms with Crippen molar-refractivity contribution in [1.82, 2.24) is 19.4 Å². The van der Waals surface area contributed by atoms with Crippen molar-refractivity contribution in [2.45, 2.75) is 62.1 Å². The number of carbonyl (C=O) groups is 1. The number of carbonyl (C=O) groups excluding carboxylic acids is 1. The van der Waals surface area contributed by atoms with E-state index < -0.39 is 34.6 Å². The number of nitrogens with one attached hydrogen (secondary N) is 1. The fraction of sp³-hybridized carbons (Fsp3) is 0.417. The molecule has 1 saturated carbocycles. The van der Waals surface area contributed by atoms with E-state index in [4.69, 9.17) is 0 Å². The molecule has 0 atom stereocenters. The van der Waals surface area contributed by atoms with Crippen LogP contribution in [0.2, 0.25) is 0 Å². The van der Waals surface area contributed by atoms with Gasteiger partial charge >= 0.3 is 5.69 Å². The first kappa shape index (κ1) is 24.2. The maximum absolute atomic E-state index is 14.1. The van der Waals surface area contributed by atoms with Crippen LogP contribution in [0.15, 0.2) is 51.0 Å². The standard InChI is InChI=1S/C24H27FN4O4S/c1-24(2,33)22(31)27-15-7-9-16(10-8-15)29-21(30)19-11-14(25)13-26-20(19)28(23(29)32)17-5-4-6-18(12-17)34-3/h4-6,11-13,15-16,33H,7-10H2,1-3H3,(H,27,31). The number of benzene rings is 1. The van der Waals surface area contributed by atoms with Gasteiger partial charge in [-0.2, -0.15) is 0 Å². The van der Waals surface area contributed by atoms with Crippen molar-refractivity contribution in [3.63, 3.8) is 0 Å². The maximum Gasteiger partial charge on any atom is 0.337 e. The summed E-state index contributed by atoms with van der Waals surface area (Å²) in [6.45, 7) is 2.84. The summed E-state index contributed by atoms with van der Waals surface area (Å²) in [5.74, 6) is -1.12. The minimum absolute atomic E-state index is 0.0339. The summed E-state index contributed by atoms with van der Waals surface area (Å²) in [5.41, 5.74) is -1.94. The van der Waals surface area contributed by atoms with Crippen LogP contribution in [-0.2, 0) is 4.79 Å². The van der Waals surface area contributed by atoms with Crippen molar-refractivity contribution < 1.29 is 14.3 Å². The van der Waals surface area contributed by atoms with E-state index in [0.717, 1.165) is 17.2 Å². The van der Waals surface area contributed by atoms with E-state index in [1.807, 2.05) is 24.5 Å². The lowest BCUT2D eigenvalue weighted by atomic mass is 9.90. The van der Waals surface area contributed by atoms with E-state index in [9.17, 15) is 23.9 Å². The van der Waals surface area contributed by atoms with Crippen molar-refractivity contribution in [2.24, 2.45) is 0 Å². The molecule has 0 bridgehead atoms. The topological polar surface area (TPSA) is 106 Å². The Morgan fingerprint density at radius 2 is 1.91 bits per heavy atom. The zero-order valence-electron chi connectivity index (χ0n) is 19.2. The molecule has 0 radical (unpaired) electrons. The third-order valence-corrected chi connectivity index (χ3v) is 6.88. The first-order valence-corrected chi connectivity index (χ1v) is 12.3. The number of halogens is 1. The molecule has 10 heteroatoms. The second-order valence-corrected chi connectivity index (χ2v) is 9.94. The first-order chi connectivity index (χ1) is 16.1. The normalized spacial score (nSPS) is 18.7. The number of hydrogen-bond acceptors (Lipinski definition) is 6. The van der Waals surface area contributed by atoms with Gasteiger partial charge in [0, 0.05) is 17.0 Å². The molecule has 2 N–H and O–H groups in total. The zero-order chi connectivity index (χ0) is 24.6. The summed E-state index contributed by atoms with van der Waals surface area (Å²) in [7, 11) is 0. The lowest BCUT2D eigenvalue weighted by molar-refractivity contribution is -0.137. The van der Waals surface area contributed by atoms with Gasteiger partial charge < -0.3 is 10.4 Å². The SMILES string of the molecule is CSc1cccc(-n2c(=O)n(C3CCC(NC(=O)C(C)(C)O)CC3)c(=O)c3cc(F)cnc32)c1. The van der Waals surface area contributed by atoms with Gasteiger partial charge in [0.05, 0.1) is 17.3 Å². The molecule has 1 aliphatic carbocycles. The fourth-order valence-electron chi connectivity index (χ4n) is 4.33. The van der Waals surface area contributed by atoms with Crippen LogP contribution in [0.3, 0.4) is 0 Å². The number of fused-ring (bicyclic) bond motifs is 1. The van der Waals surface area contributed by atoms with Crippen LogP contribution in [0.4, 0.5) is 4.39 Å². The molecule has 0 aliphatic heterocycles. The molecule has 1 fully saturated rings. The second kappa shape index (κ2) is 9.34. The molecule has 0 spiro atoms. The predicted molar refractivity (Wildman–Crippen MR) is 129 cm³/mol. The molecule has 1 aromatic carbocycles. The minimum Gasteiger partial charge on any atom is -0.381 e. The molecule has 0 unspecified atom stereocenters. The van der Waals surface area contributed by atoms with E-state index in [1.54, 1.807) is 6.07 Å². The molecular weight excluding hydrogens is 459 g/mol. The van der Waals surface area contributed by atoms with Crippen LogP contribution in [0.25, 0.3) is 16.7 Å². The predicted octanol–water partition coefficient (Wildman–Crippen LogP) is 2.78. The number of aromatic nitrogens is 3. The van der Waals surface area contributed by atoms with E-state index in [-0.39, 0.29) is 17.1 Å². The highest BCUT2D eigenvalue weighted by Gasteiger charge is 2.31. The Morgan fingerprint density at radius 3 is 2.56 bits per heavy atom. The summed E-state index contributed by atoms with van der Waals surface area (Å²) in [4.78, 5) is 44.1. The summed E-state index contributed by atoms with van der Waals surface area (Å²) in [6.07, 6.45) is 4.95. The van der Waals surface area contributed by atoms with Crippen LogP contribution in [-0.4, -0.2) is 43.0 Å². The smallest absolute Gasteiger partial charge is 0.337 e. The number of rotatable bonds is 5. The summed E-state index contributed by atoms with van der Waals surface area (Å²) >= 11 is 1.52. The number of pyridine rings is 1. The lowest BCUT2D eigenvalue weighted by Crippen LogP contribution is -2.49. The molecule has 1 amide bonds. The van der Waals surface area contributed by atoms with Crippen molar-refractivity contribution in [3.05, 3.63) is 63.2 Å². The van der Waals surface area contributed by atoms with E-state index in [1.165, 1.54) is 34.7 Å². The van der Waals surface area contributed by atoms with Gasteiger partial charge in [0.2, 0.25) is 0 Å². The number of nitrogens with zero attached hydrogens (tertiary/aromatic N) is 3. The third kappa shape index (κ3) is 4.65. The Morgan fingerprint density at radius 1 is 1.21 bits per heavy atom. The minimum atomic E-state index is -1.48. The van der Waals surface area contributed by atoms with Gasteiger partial charge in [-0.05, 0) is 70.1 Å². The first-order valence-electron chi connectivity index (χ1n) is 11.1. The Kier molecular flexibility index (Phi) is 6.64. The maximum atomic E-state index is 14.1. The molecule has 4 rings (SSSR count). The molecule has 3 aromatic rings. The summed E-state index contributed by atoms with van der Waals surface area (Å²) in [5, 5.41) is 12.7. The van der Waals surface area contributed by atoms with Crippen LogP contribution in [0, 0.1) is 5.82 Å².